The molecule has 0 aliphatic heterocycles. The Morgan fingerprint density at radius 3 is 2.48 bits per heavy atom. The molecule has 21 heavy (non-hydrogen) atoms. The van der Waals surface area contributed by atoms with E-state index in [1.54, 1.807) is 30.3 Å². The van der Waals surface area contributed by atoms with Crippen LogP contribution < -0.4 is 10.1 Å². The Hall–Kier alpha value is -2.08. The summed E-state index contributed by atoms with van der Waals surface area (Å²) in [5, 5.41) is 20.7. The van der Waals surface area contributed by atoms with E-state index < -0.39 is 30.6 Å². The van der Waals surface area contributed by atoms with Gasteiger partial charge in [0, 0.05) is 0 Å². The van der Waals surface area contributed by atoms with Crippen molar-refractivity contribution in [2.75, 3.05) is 6.61 Å². The van der Waals surface area contributed by atoms with Crippen LogP contribution in [0.3, 0.4) is 0 Å². The van der Waals surface area contributed by atoms with Crippen LogP contribution >= 0.6 is 0 Å². The Morgan fingerprint density at radius 2 is 1.95 bits per heavy atom. The van der Waals surface area contributed by atoms with Crippen LogP contribution in [0.2, 0.25) is 0 Å². The molecule has 1 rings (SSSR count). The smallest absolute Gasteiger partial charge is 0.326 e. The number of unbranched alkanes of at least 4 members (excludes halogenated alkanes) is 1. The summed E-state index contributed by atoms with van der Waals surface area (Å²) >= 11 is 0. The van der Waals surface area contributed by atoms with Crippen LogP contribution in [0.4, 0.5) is 0 Å². The molecule has 0 spiro atoms. The van der Waals surface area contributed by atoms with Crippen molar-refractivity contribution >= 4 is 11.9 Å². The zero-order valence-corrected chi connectivity index (χ0v) is 12.0. The predicted molar refractivity (Wildman–Crippen MR) is 77.0 cm³/mol. The van der Waals surface area contributed by atoms with E-state index in [4.69, 9.17) is 9.84 Å². The van der Waals surface area contributed by atoms with Gasteiger partial charge in [-0.05, 0) is 18.6 Å². The van der Waals surface area contributed by atoms with Gasteiger partial charge in [0.1, 0.15) is 11.8 Å². The first kappa shape index (κ1) is 17.0. The fraction of sp³-hybridized carbons (Fsp3) is 0.467. The van der Waals surface area contributed by atoms with Gasteiger partial charge in [-0.25, -0.2) is 4.79 Å². The van der Waals surface area contributed by atoms with Gasteiger partial charge in [-0.3, -0.25) is 4.79 Å². The summed E-state index contributed by atoms with van der Waals surface area (Å²) in [6.07, 6.45) is 0.751. The summed E-state index contributed by atoms with van der Waals surface area (Å²) in [4.78, 5) is 23.1. The average Bonchev–Trinajstić information content (AvgIpc) is 2.49. The lowest BCUT2D eigenvalue weighted by molar-refractivity contribution is -0.143. The van der Waals surface area contributed by atoms with Gasteiger partial charge in [0.05, 0.1) is 6.61 Å². The molecule has 0 fully saturated rings. The second-order valence-electron chi connectivity index (χ2n) is 4.64. The van der Waals surface area contributed by atoms with Crippen molar-refractivity contribution in [3.05, 3.63) is 30.3 Å². The van der Waals surface area contributed by atoms with Crippen LogP contribution in [-0.4, -0.2) is 40.8 Å². The quantitative estimate of drug-likeness (QED) is 0.636. The van der Waals surface area contributed by atoms with E-state index in [0.29, 0.717) is 18.6 Å². The zero-order chi connectivity index (χ0) is 15.7. The molecule has 0 heterocycles. The van der Waals surface area contributed by atoms with Crippen molar-refractivity contribution in [2.45, 2.75) is 38.3 Å². The van der Waals surface area contributed by atoms with E-state index >= 15 is 0 Å². The molecule has 0 aromatic heterocycles. The van der Waals surface area contributed by atoms with Crippen LogP contribution in [-0.2, 0) is 9.59 Å². The number of hydrogen-bond donors (Lipinski definition) is 3. The zero-order valence-electron chi connectivity index (χ0n) is 12.0. The Labute approximate surface area is 123 Å². The molecule has 0 saturated heterocycles. The molecule has 6 nitrogen and oxygen atoms in total. The van der Waals surface area contributed by atoms with E-state index in [1.165, 1.54) is 0 Å². The Morgan fingerprint density at radius 1 is 1.29 bits per heavy atom. The molecule has 1 aromatic carbocycles. The number of rotatable bonds is 9. The number of aliphatic carboxylic acids is 1. The highest BCUT2D eigenvalue weighted by atomic mass is 16.5. The number of hydrogen-bond acceptors (Lipinski definition) is 4. The van der Waals surface area contributed by atoms with Crippen molar-refractivity contribution in [2.24, 2.45) is 0 Å². The maximum atomic E-state index is 12.0. The number of nitrogens with one attached hydrogen (secondary N) is 1. The van der Waals surface area contributed by atoms with Crippen molar-refractivity contribution in [3.63, 3.8) is 0 Å². The summed E-state index contributed by atoms with van der Waals surface area (Å²) < 4.78 is 5.36. The van der Waals surface area contributed by atoms with Crippen LogP contribution in [0, 0.1) is 0 Å². The minimum atomic E-state index is -1.13. The monoisotopic (exact) mass is 295 g/mol. The average molecular weight is 295 g/mol. The van der Waals surface area contributed by atoms with Gasteiger partial charge in [0.2, 0.25) is 0 Å². The number of benzene rings is 1. The lowest BCUT2D eigenvalue weighted by atomic mass is 10.1. The molecule has 2 atom stereocenters. The normalized spacial score (nSPS) is 13.2. The molecular weight excluding hydrogens is 274 g/mol. The molecule has 0 aliphatic rings. The Balaban J connectivity index is 2.62. The maximum Gasteiger partial charge on any atom is 0.326 e. The highest BCUT2D eigenvalue weighted by Gasteiger charge is 2.25. The number of para-hydroxylation sites is 1. The highest BCUT2D eigenvalue weighted by Crippen LogP contribution is 2.11. The third-order valence-electron chi connectivity index (χ3n) is 2.94. The van der Waals surface area contributed by atoms with Crippen LogP contribution in [0.5, 0.6) is 5.75 Å². The fourth-order valence-electron chi connectivity index (χ4n) is 1.77. The molecule has 116 valence electrons. The van der Waals surface area contributed by atoms with Crippen LogP contribution in [0.25, 0.3) is 0 Å². The minimum Gasteiger partial charge on any atom is -0.480 e. The number of aliphatic hydroxyl groups is 1. The van der Waals surface area contributed by atoms with E-state index in [-0.39, 0.29) is 0 Å². The standard InChI is InChI=1S/C15H21NO5/c1-2-3-9-12(15(19)20)16-14(18)13(10-17)21-11-7-5-4-6-8-11/h4-8,12-13,17H,2-3,9-10H2,1H3,(H,16,18)(H,19,20). The number of ether oxygens (including phenoxy) is 1. The SMILES string of the molecule is CCCCC(NC(=O)C(CO)Oc1ccccc1)C(=O)O. The van der Waals surface area contributed by atoms with Gasteiger partial charge in [-0.15, -0.1) is 0 Å². The van der Waals surface area contributed by atoms with Gasteiger partial charge in [0.25, 0.3) is 5.91 Å². The van der Waals surface area contributed by atoms with E-state index in [9.17, 15) is 14.7 Å². The largest absolute Gasteiger partial charge is 0.480 e. The summed E-state index contributed by atoms with van der Waals surface area (Å²) in [7, 11) is 0. The van der Waals surface area contributed by atoms with Crippen molar-refractivity contribution < 1.29 is 24.5 Å². The number of carbonyl (C=O) groups is 2. The molecule has 1 aromatic rings. The first-order valence-corrected chi connectivity index (χ1v) is 6.94. The van der Waals surface area contributed by atoms with Crippen LogP contribution in [0.15, 0.2) is 30.3 Å². The van der Waals surface area contributed by atoms with Crippen LogP contribution in [0.1, 0.15) is 26.2 Å². The number of amides is 1. The topological polar surface area (TPSA) is 95.9 Å². The molecular formula is C15H21NO5. The Kier molecular flexibility index (Phi) is 7.25. The maximum absolute atomic E-state index is 12.0. The van der Waals surface area contributed by atoms with Gasteiger partial charge >= 0.3 is 5.97 Å². The minimum absolute atomic E-state index is 0.348. The Bertz CT molecular complexity index is 449. The van der Waals surface area contributed by atoms with Crippen molar-refractivity contribution in [1.29, 1.82) is 0 Å². The third kappa shape index (κ3) is 5.83. The van der Waals surface area contributed by atoms with E-state index in [1.807, 2.05) is 6.92 Å². The number of carboxylic acids is 1. The van der Waals surface area contributed by atoms with E-state index in [0.717, 1.165) is 6.42 Å². The first-order chi connectivity index (χ1) is 10.1. The first-order valence-electron chi connectivity index (χ1n) is 6.94. The molecule has 0 aliphatic carbocycles. The predicted octanol–water partition coefficient (Wildman–Crippen LogP) is 1.19. The number of aliphatic hydroxyl groups excluding tert-OH is 1. The lowest BCUT2D eigenvalue weighted by Crippen LogP contribution is -2.48. The molecule has 2 unspecified atom stereocenters. The second-order valence-corrected chi connectivity index (χ2v) is 4.64. The third-order valence-corrected chi connectivity index (χ3v) is 2.94. The fourth-order valence-corrected chi connectivity index (χ4v) is 1.77. The molecule has 0 saturated carbocycles. The molecule has 1 amide bonds. The van der Waals surface area contributed by atoms with Gasteiger partial charge in [-0.1, -0.05) is 38.0 Å². The summed E-state index contributed by atoms with van der Waals surface area (Å²) in [6.45, 7) is 1.41. The summed E-state index contributed by atoms with van der Waals surface area (Å²) in [5.41, 5.74) is 0. The van der Waals surface area contributed by atoms with Gasteiger partial charge in [-0.2, -0.15) is 0 Å². The van der Waals surface area contributed by atoms with Gasteiger partial charge < -0.3 is 20.3 Å². The van der Waals surface area contributed by atoms with E-state index in [2.05, 4.69) is 5.32 Å². The number of carbonyl (C=O) groups excluding carboxylic acids is 1. The molecule has 3 N–H and O–H groups in total. The molecule has 0 bridgehead atoms. The molecule has 6 heteroatoms. The number of carboxylic acid groups (broad SMARTS) is 1. The highest BCUT2D eigenvalue weighted by molar-refractivity contribution is 5.86. The summed E-state index contributed by atoms with van der Waals surface area (Å²) in [5.74, 6) is -1.29. The second kappa shape index (κ2) is 8.97. The van der Waals surface area contributed by atoms with Crippen molar-refractivity contribution in [1.82, 2.24) is 5.32 Å². The molecule has 0 radical (unpaired) electrons. The van der Waals surface area contributed by atoms with Crippen molar-refractivity contribution in [3.8, 4) is 5.75 Å². The van der Waals surface area contributed by atoms with Gasteiger partial charge in [0.15, 0.2) is 6.10 Å². The summed E-state index contributed by atoms with van der Waals surface area (Å²) in [6, 6.07) is 7.62. The lowest BCUT2D eigenvalue weighted by Gasteiger charge is -2.20.